The maximum absolute atomic E-state index is 12.0. The number of pyridine rings is 1. The van der Waals surface area contributed by atoms with Gasteiger partial charge in [0.15, 0.2) is 0 Å². The summed E-state index contributed by atoms with van der Waals surface area (Å²) >= 11 is 0. The number of hydrogen-bond acceptors (Lipinski definition) is 5. The highest BCUT2D eigenvalue weighted by molar-refractivity contribution is 6.04. The van der Waals surface area contributed by atoms with Gasteiger partial charge in [-0.25, -0.2) is 4.98 Å². The quantitative estimate of drug-likeness (QED) is 0.505. The van der Waals surface area contributed by atoms with E-state index < -0.39 is 10.8 Å². The zero-order valence-electron chi connectivity index (χ0n) is 10.7. The Morgan fingerprint density at radius 2 is 2.10 bits per heavy atom. The van der Waals surface area contributed by atoms with Crippen LogP contribution < -0.4 is 11.1 Å². The predicted molar refractivity (Wildman–Crippen MR) is 74.4 cm³/mol. The van der Waals surface area contributed by atoms with Crippen LogP contribution in [-0.2, 0) is 0 Å². The van der Waals surface area contributed by atoms with Crippen LogP contribution in [0, 0.1) is 17.0 Å². The van der Waals surface area contributed by atoms with E-state index in [-0.39, 0.29) is 16.9 Å². The molecule has 1 aromatic heterocycles. The number of benzene rings is 1. The first-order valence-corrected chi connectivity index (χ1v) is 5.75. The molecule has 1 heterocycles. The summed E-state index contributed by atoms with van der Waals surface area (Å²) in [6.07, 6.45) is 1.61. The van der Waals surface area contributed by atoms with Crippen LogP contribution in [0.4, 0.5) is 17.2 Å². The summed E-state index contributed by atoms with van der Waals surface area (Å²) in [6, 6.07) is 7.34. The molecule has 0 radical (unpaired) electrons. The highest BCUT2D eigenvalue weighted by Crippen LogP contribution is 2.22. The summed E-state index contributed by atoms with van der Waals surface area (Å²) in [7, 11) is 0. The first kappa shape index (κ1) is 13.5. The van der Waals surface area contributed by atoms with Gasteiger partial charge in [-0.05, 0) is 30.7 Å². The van der Waals surface area contributed by atoms with E-state index in [1.54, 1.807) is 18.3 Å². The Morgan fingerprint density at radius 1 is 1.35 bits per heavy atom. The van der Waals surface area contributed by atoms with Gasteiger partial charge >= 0.3 is 0 Å². The smallest absolute Gasteiger partial charge is 0.292 e. The maximum Gasteiger partial charge on any atom is 0.292 e. The van der Waals surface area contributed by atoms with E-state index in [0.29, 0.717) is 5.82 Å². The molecule has 1 amide bonds. The van der Waals surface area contributed by atoms with Gasteiger partial charge in [-0.2, -0.15) is 0 Å². The molecule has 3 N–H and O–H groups in total. The highest BCUT2D eigenvalue weighted by Gasteiger charge is 2.15. The molecule has 0 unspecified atom stereocenters. The van der Waals surface area contributed by atoms with Gasteiger partial charge in [0.05, 0.1) is 4.92 Å². The van der Waals surface area contributed by atoms with E-state index in [2.05, 4.69) is 10.3 Å². The summed E-state index contributed by atoms with van der Waals surface area (Å²) in [5, 5.41) is 13.3. The molecule has 20 heavy (non-hydrogen) atoms. The fourth-order valence-corrected chi connectivity index (χ4v) is 1.57. The number of carbonyl (C=O) groups is 1. The molecule has 0 atom stereocenters. The zero-order valence-corrected chi connectivity index (χ0v) is 10.7. The van der Waals surface area contributed by atoms with Gasteiger partial charge in [0.25, 0.3) is 11.6 Å². The third kappa shape index (κ3) is 2.89. The number of amides is 1. The van der Waals surface area contributed by atoms with E-state index in [4.69, 9.17) is 5.73 Å². The molecule has 0 saturated heterocycles. The first-order valence-electron chi connectivity index (χ1n) is 5.75. The van der Waals surface area contributed by atoms with E-state index in [1.165, 1.54) is 12.1 Å². The lowest BCUT2D eigenvalue weighted by Crippen LogP contribution is -2.13. The van der Waals surface area contributed by atoms with Crippen molar-refractivity contribution in [3.63, 3.8) is 0 Å². The molecule has 7 heteroatoms. The average molecular weight is 272 g/mol. The number of nitrogen functional groups attached to an aromatic ring is 1. The Labute approximate surface area is 114 Å². The maximum atomic E-state index is 12.0. The number of nitrogens with two attached hydrogens (primary N) is 1. The molecule has 7 nitrogen and oxygen atoms in total. The molecule has 0 aliphatic carbocycles. The van der Waals surface area contributed by atoms with Crippen molar-refractivity contribution in [2.24, 2.45) is 0 Å². The summed E-state index contributed by atoms with van der Waals surface area (Å²) < 4.78 is 0. The van der Waals surface area contributed by atoms with Crippen molar-refractivity contribution < 1.29 is 9.72 Å². The number of hydrogen-bond donors (Lipinski definition) is 2. The molecule has 2 aromatic rings. The van der Waals surface area contributed by atoms with Gasteiger partial charge in [-0.15, -0.1) is 0 Å². The molecule has 0 fully saturated rings. The topological polar surface area (TPSA) is 111 Å². The molecule has 2 rings (SSSR count). The molecular weight excluding hydrogens is 260 g/mol. The molecule has 0 bridgehead atoms. The molecule has 0 saturated carbocycles. The highest BCUT2D eigenvalue weighted by atomic mass is 16.6. The largest absolute Gasteiger partial charge is 0.393 e. The Morgan fingerprint density at radius 3 is 2.70 bits per heavy atom. The second-order valence-electron chi connectivity index (χ2n) is 4.21. The zero-order chi connectivity index (χ0) is 14.7. The summed E-state index contributed by atoms with van der Waals surface area (Å²) in [4.78, 5) is 26.1. The van der Waals surface area contributed by atoms with Gasteiger partial charge in [0.1, 0.15) is 11.5 Å². The lowest BCUT2D eigenvalue weighted by Gasteiger charge is -2.05. The minimum absolute atomic E-state index is 0.0139. The number of rotatable bonds is 3. The second kappa shape index (κ2) is 5.35. The second-order valence-corrected chi connectivity index (χ2v) is 4.21. The molecule has 0 spiro atoms. The fourth-order valence-electron chi connectivity index (χ4n) is 1.57. The van der Waals surface area contributed by atoms with E-state index in [0.717, 1.165) is 11.6 Å². The van der Waals surface area contributed by atoms with Crippen molar-refractivity contribution in [3.8, 4) is 0 Å². The van der Waals surface area contributed by atoms with Gasteiger partial charge < -0.3 is 11.1 Å². The van der Waals surface area contributed by atoms with Crippen molar-refractivity contribution >= 4 is 23.1 Å². The average Bonchev–Trinajstić information content (AvgIpc) is 2.41. The van der Waals surface area contributed by atoms with Crippen LogP contribution in [0.1, 0.15) is 15.9 Å². The van der Waals surface area contributed by atoms with Crippen LogP contribution in [0.15, 0.2) is 36.5 Å². The third-order valence-corrected chi connectivity index (χ3v) is 2.64. The molecular formula is C13H12N4O3. The Bertz CT molecular complexity index is 668. The Hall–Kier alpha value is -2.96. The normalized spacial score (nSPS) is 10.1. The van der Waals surface area contributed by atoms with Gasteiger partial charge in [0.2, 0.25) is 0 Å². The number of nitrogens with zero attached hydrogens (tertiary/aromatic N) is 2. The lowest BCUT2D eigenvalue weighted by atomic mass is 10.1. The number of nitrogens with one attached hydrogen (secondary N) is 1. The first-order chi connectivity index (χ1) is 9.47. The van der Waals surface area contributed by atoms with E-state index in [1.807, 2.05) is 6.92 Å². The molecule has 1 aromatic carbocycles. The minimum atomic E-state index is -0.629. The number of nitro benzene ring substituents is 1. The number of carbonyl (C=O) groups excluding carboxylic acids is 1. The number of nitro groups is 1. The standard InChI is InChI=1S/C13H12N4O3/c1-8-2-5-12(15-7-8)16-13(18)9-3-4-10(14)11(6-9)17(19)20/h2-7H,14H2,1H3,(H,15,16,18). The third-order valence-electron chi connectivity index (χ3n) is 2.64. The van der Waals surface area contributed by atoms with Gasteiger partial charge in [-0.3, -0.25) is 14.9 Å². The molecule has 0 aliphatic rings. The predicted octanol–water partition coefficient (Wildman–Crippen LogP) is 2.13. The molecule has 102 valence electrons. The van der Waals surface area contributed by atoms with E-state index in [9.17, 15) is 14.9 Å². The van der Waals surface area contributed by atoms with Crippen LogP contribution in [0.2, 0.25) is 0 Å². The number of aryl methyl sites for hydroxylation is 1. The van der Waals surface area contributed by atoms with Crippen LogP contribution in [0.3, 0.4) is 0 Å². The monoisotopic (exact) mass is 272 g/mol. The van der Waals surface area contributed by atoms with Crippen molar-refractivity contribution in [1.82, 2.24) is 4.98 Å². The van der Waals surface area contributed by atoms with Crippen LogP contribution in [-0.4, -0.2) is 15.8 Å². The van der Waals surface area contributed by atoms with Crippen LogP contribution in [0.5, 0.6) is 0 Å². The Balaban J connectivity index is 2.23. The van der Waals surface area contributed by atoms with Crippen molar-refractivity contribution in [2.45, 2.75) is 6.92 Å². The summed E-state index contributed by atoms with van der Waals surface area (Å²) in [6.45, 7) is 1.88. The lowest BCUT2D eigenvalue weighted by molar-refractivity contribution is -0.383. The van der Waals surface area contributed by atoms with Gasteiger partial charge in [0, 0.05) is 17.8 Å². The van der Waals surface area contributed by atoms with Crippen LogP contribution >= 0.6 is 0 Å². The van der Waals surface area contributed by atoms with Crippen molar-refractivity contribution in [2.75, 3.05) is 11.1 Å². The van der Waals surface area contributed by atoms with E-state index >= 15 is 0 Å². The SMILES string of the molecule is Cc1ccc(NC(=O)c2ccc(N)c([N+](=O)[O-])c2)nc1. The summed E-state index contributed by atoms with van der Waals surface area (Å²) in [5.41, 5.74) is 6.30. The van der Waals surface area contributed by atoms with Crippen molar-refractivity contribution in [1.29, 1.82) is 0 Å². The molecule has 0 aliphatic heterocycles. The fraction of sp³-hybridized carbons (Fsp3) is 0.0769. The Kier molecular flexibility index (Phi) is 3.60. The minimum Gasteiger partial charge on any atom is -0.393 e. The van der Waals surface area contributed by atoms with Crippen LogP contribution in [0.25, 0.3) is 0 Å². The summed E-state index contributed by atoms with van der Waals surface area (Å²) in [5.74, 6) is -0.107. The van der Waals surface area contributed by atoms with Gasteiger partial charge in [-0.1, -0.05) is 6.07 Å². The number of aromatic nitrogens is 1. The number of anilines is 2. The van der Waals surface area contributed by atoms with Crippen molar-refractivity contribution in [3.05, 3.63) is 57.8 Å².